The minimum Gasteiger partial charge on any atom is -0.350 e. The Balaban J connectivity index is 1.91. The summed E-state index contributed by atoms with van der Waals surface area (Å²) in [6, 6.07) is 17.3. The number of hydrogen-bond donors (Lipinski definition) is 0. The Bertz CT molecular complexity index is 1110. The number of ketones is 2. The van der Waals surface area contributed by atoms with Crippen molar-refractivity contribution in [2.75, 3.05) is 0 Å². The molecule has 0 radical (unpaired) electrons. The number of allylic oxidation sites excluding steroid dienone is 1. The Hall–Kier alpha value is -3.42. The zero-order valence-electron chi connectivity index (χ0n) is 15.4. The van der Waals surface area contributed by atoms with Crippen LogP contribution >= 0.6 is 11.6 Å². The number of carbonyl (C=O) groups excluding carboxylic acids is 2. The maximum absolute atomic E-state index is 12.7. The quantitative estimate of drug-likeness (QED) is 0.350. The SMILES string of the molecule is Cc1ccc(C(=O)C(C#N)=Cc2cc(C(=O)c3ccc(Cl)cc3)cn2C)cc1. The fourth-order valence-corrected chi connectivity index (χ4v) is 2.90. The summed E-state index contributed by atoms with van der Waals surface area (Å²) < 4.78 is 1.71. The molecule has 0 spiro atoms. The van der Waals surface area contributed by atoms with Gasteiger partial charge in [-0.2, -0.15) is 5.26 Å². The van der Waals surface area contributed by atoms with Crippen molar-refractivity contribution < 1.29 is 9.59 Å². The van der Waals surface area contributed by atoms with Gasteiger partial charge in [-0.15, -0.1) is 0 Å². The summed E-state index contributed by atoms with van der Waals surface area (Å²) in [6.45, 7) is 1.93. The summed E-state index contributed by atoms with van der Waals surface area (Å²) in [4.78, 5) is 25.3. The minimum atomic E-state index is -0.353. The van der Waals surface area contributed by atoms with E-state index in [1.807, 2.05) is 25.1 Å². The van der Waals surface area contributed by atoms with Crippen molar-refractivity contribution in [3.8, 4) is 6.07 Å². The lowest BCUT2D eigenvalue weighted by atomic mass is 10.0. The van der Waals surface area contributed by atoms with Gasteiger partial charge in [-0.25, -0.2) is 0 Å². The van der Waals surface area contributed by atoms with Crippen molar-refractivity contribution in [2.45, 2.75) is 6.92 Å². The van der Waals surface area contributed by atoms with Gasteiger partial charge in [-0.05, 0) is 43.3 Å². The van der Waals surface area contributed by atoms with E-state index in [1.165, 1.54) is 6.08 Å². The van der Waals surface area contributed by atoms with Crippen LogP contribution < -0.4 is 0 Å². The van der Waals surface area contributed by atoms with Gasteiger partial charge in [0.2, 0.25) is 5.78 Å². The zero-order chi connectivity index (χ0) is 20.3. The molecule has 0 aliphatic carbocycles. The van der Waals surface area contributed by atoms with E-state index >= 15 is 0 Å². The molecule has 0 fully saturated rings. The molecule has 0 aliphatic heterocycles. The van der Waals surface area contributed by atoms with Crippen LogP contribution in [0, 0.1) is 18.3 Å². The molecule has 4 nitrogen and oxygen atoms in total. The minimum absolute atomic E-state index is 0.00976. The van der Waals surface area contributed by atoms with Gasteiger partial charge in [0.15, 0.2) is 5.78 Å². The fourth-order valence-electron chi connectivity index (χ4n) is 2.77. The first-order valence-electron chi connectivity index (χ1n) is 8.59. The predicted molar refractivity (Wildman–Crippen MR) is 109 cm³/mol. The smallest absolute Gasteiger partial charge is 0.203 e. The molecule has 0 atom stereocenters. The van der Waals surface area contributed by atoms with Crippen molar-refractivity contribution in [2.24, 2.45) is 7.05 Å². The van der Waals surface area contributed by atoms with E-state index in [-0.39, 0.29) is 17.1 Å². The van der Waals surface area contributed by atoms with E-state index in [9.17, 15) is 14.9 Å². The summed E-state index contributed by atoms with van der Waals surface area (Å²) in [7, 11) is 1.76. The molecule has 2 aromatic carbocycles. The molecular weight excluding hydrogens is 372 g/mol. The number of hydrogen-bond acceptors (Lipinski definition) is 3. The van der Waals surface area contributed by atoms with Crippen molar-refractivity contribution in [1.82, 2.24) is 4.57 Å². The van der Waals surface area contributed by atoms with Crippen molar-refractivity contribution >= 4 is 29.2 Å². The molecule has 0 saturated heterocycles. The van der Waals surface area contributed by atoms with Gasteiger partial charge >= 0.3 is 0 Å². The fraction of sp³-hybridized carbons (Fsp3) is 0.0870. The average molecular weight is 389 g/mol. The van der Waals surface area contributed by atoms with E-state index in [2.05, 4.69) is 0 Å². The van der Waals surface area contributed by atoms with E-state index in [1.54, 1.807) is 60.3 Å². The summed E-state index contributed by atoms with van der Waals surface area (Å²) in [5, 5.41) is 10.0. The Morgan fingerprint density at radius 3 is 2.21 bits per heavy atom. The monoisotopic (exact) mass is 388 g/mol. The molecule has 0 N–H and O–H groups in total. The number of aromatic nitrogens is 1. The largest absolute Gasteiger partial charge is 0.350 e. The van der Waals surface area contributed by atoms with Crippen LogP contribution in [0.15, 0.2) is 66.4 Å². The number of Topliss-reactive ketones (excluding diaryl/α,β-unsaturated/α-hetero) is 1. The second kappa shape index (κ2) is 8.08. The predicted octanol–water partition coefficient (Wildman–Crippen LogP) is 5.01. The van der Waals surface area contributed by atoms with Gasteiger partial charge in [-0.3, -0.25) is 9.59 Å². The molecule has 0 saturated carbocycles. The van der Waals surface area contributed by atoms with Crippen LogP contribution in [0.4, 0.5) is 0 Å². The first-order chi connectivity index (χ1) is 13.4. The van der Waals surface area contributed by atoms with Crippen LogP contribution in [-0.2, 0) is 7.05 Å². The summed E-state index contributed by atoms with van der Waals surface area (Å²) in [5.41, 5.74) is 3.07. The molecule has 5 heteroatoms. The molecule has 1 heterocycles. The molecule has 0 aliphatic rings. The zero-order valence-corrected chi connectivity index (χ0v) is 16.2. The topological polar surface area (TPSA) is 62.9 Å². The lowest BCUT2D eigenvalue weighted by Gasteiger charge is -2.01. The highest BCUT2D eigenvalue weighted by Gasteiger charge is 2.16. The Labute approximate surface area is 168 Å². The average Bonchev–Trinajstić information content (AvgIpc) is 3.06. The van der Waals surface area contributed by atoms with Gasteiger partial charge in [-0.1, -0.05) is 41.4 Å². The van der Waals surface area contributed by atoms with Gasteiger partial charge in [0, 0.05) is 40.7 Å². The first-order valence-corrected chi connectivity index (χ1v) is 8.96. The highest BCUT2D eigenvalue weighted by Crippen LogP contribution is 2.19. The second-order valence-corrected chi connectivity index (χ2v) is 6.90. The highest BCUT2D eigenvalue weighted by molar-refractivity contribution is 6.30. The molecule has 138 valence electrons. The van der Waals surface area contributed by atoms with Crippen molar-refractivity contribution in [1.29, 1.82) is 5.26 Å². The lowest BCUT2D eigenvalue weighted by Crippen LogP contribution is -2.02. The second-order valence-electron chi connectivity index (χ2n) is 6.47. The standard InChI is InChI=1S/C23H17ClN2O2/c1-15-3-5-16(6-4-15)22(27)18(13-25)11-21-12-19(14-26(21)2)23(28)17-7-9-20(24)10-8-17/h3-12,14H,1-2H3. The maximum atomic E-state index is 12.7. The third-order valence-electron chi connectivity index (χ3n) is 4.38. The van der Waals surface area contributed by atoms with Gasteiger partial charge in [0.25, 0.3) is 0 Å². The van der Waals surface area contributed by atoms with Crippen LogP contribution in [0.5, 0.6) is 0 Å². The Morgan fingerprint density at radius 2 is 1.61 bits per heavy atom. The number of carbonyl (C=O) groups is 2. The van der Waals surface area contributed by atoms with Gasteiger partial charge < -0.3 is 4.57 Å². The molecule has 0 unspecified atom stereocenters. The number of nitriles is 1. The van der Waals surface area contributed by atoms with Crippen LogP contribution in [0.2, 0.25) is 5.02 Å². The first kappa shape index (κ1) is 19.3. The van der Waals surface area contributed by atoms with Gasteiger partial charge in [0.1, 0.15) is 11.6 Å². The van der Waals surface area contributed by atoms with E-state index in [0.29, 0.717) is 27.4 Å². The van der Waals surface area contributed by atoms with Crippen molar-refractivity contribution in [3.05, 3.63) is 99.3 Å². The molecule has 0 amide bonds. The lowest BCUT2D eigenvalue weighted by molar-refractivity contribution is 0.103. The third-order valence-corrected chi connectivity index (χ3v) is 4.64. The number of aryl methyl sites for hydroxylation is 2. The molecule has 3 aromatic rings. The summed E-state index contributed by atoms with van der Waals surface area (Å²) in [5.74, 6) is -0.510. The Kier molecular flexibility index (Phi) is 5.58. The number of rotatable bonds is 5. The third kappa shape index (κ3) is 4.11. The van der Waals surface area contributed by atoms with E-state index < -0.39 is 0 Å². The van der Waals surface area contributed by atoms with Crippen LogP contribution in [-0.4, -0.2) is 16.1 Å². The number of nitrogens with zero attached hydrogens (tertiary/aromatic N) is 2. The van der Waals surface area contributed by atoms with E-state index in [0.717, 1.165) is 5.56 Å². The van der Waals surface area contributed by atoms with Crippen LogP contribution in [0.25, 0.3) is 6.08 Å². The van der Waals surface area contributed by atoms with E-state index in [4.69, 9.17) is 11.6 Å². The molecule has 28 heavy (non-hydrogen) atoms. The highest BCUT2D eigenvalue weighted by atomic mass is 35.5. The number of halogens is 1. The number of benzene rings is 2. The van der Waals surface area contributed by atoms with Crippen LogP contribution in [0.3, 0.4) is 0 Å². The summed E-state index contributed by atoms with van der Waals surface area (Å²) >= 11 is 5.87. The molecule has 3 rings (SSSR count). The van der Waals surface area contributed by atoms with Gasteiger partial charge in [0.05, 0.1) is 0 Å². The Morgan fingerprint density at radius 1 is 1.00 bits per heavy atom. The summed E-state index contributed by atoms with van der Waals surface area (Å²) in [6.07, 6.45) is 3.18. The van der Waals surface area contributed by atoms with Crippen molar-refractivity contribution in [3.63, 3.8) is 0 Å². The molecule has 1 aromatic heterocycles. The maximum Gasteiger partial charge on any atom is 0.203 e. The molecular formula is C23H17ClN2O2. The normalized spacial score (nSPS) is 11.1. The molecule has 0 bridgehead atoms. The van der Waals surface area contributed by atoms with Crippen LogP contribution in [0.1, 0.15) is 37.5 Å².